The van der Waals surface area contributed by atoms with E-state index >= 15 is 0 Å². The summed E-state index contributed by atoms with van der Waals surface area (Å²) in [5, 5.41) is 4.10. The van der Waals surface area contributed by atoms with Gasteiger partial charge < -0.3 is 0 Å². The van der Waals surface area contributed by atoms with Gasteiger partial charge in [0, 0.05) is 11.4 Å². The number of hydrogen-bond donors (Lipinski definition) is 1. The van der Waals surface area contributed by atoms with E-state index in [0.717, 1.165) is 11.4 Å². The lowest BCUT2D eigenvalue weighted by Crippen LogP contribution is -2.34. The minimum absolute atomic E-state index is 0.0328. The van der Waals surface area contributed by atoms with Crippen molar-refractivity contribution in [3.63, 3.8) is 0 Å². The van der Waals surface area contributed by atoms with Crippen LogP contribution < -0.4 is 5.48 Å². The summed E-state index contributed by atoms with van der Waals surface area (Å²) in [7, 11) is 0. The Bertz CT molecular complexity index is 627. The molecule has 2 aromatic heterocycles. The molecule has 0 saturated carbocycles. The van der Waals surface area contributed by atoms with Crippen molar-refractivity contribution in [2.45, 2.75) is 40.2 Å². The van der Waals surface area contributed by atoms with Gasteiger partial charge in [-0.1, -0.05) is 0 Å². The maximum absolute atomic E-state index is 11.9. The van der Waals surface area contributed by atoms with E-state index in [1.165, 1.54) is 4.52 Å². The fourth-order valence-electron chi connectivity index (χ4n) is 1.51. The molecule has 2 heterocycles. The Balaban J connectivity index is 2.26. The summed E-state index contributed by atoms with van der Waals surface area (Å²) in [6.07, 6.45) is 0. The highest BCUT2D eigenvalue weighted by molar-refractivity contribution is 5.89. The van der Waals surface area contributed by atoms with Gasteiger partial charge in [-0.25, -0.2) is 15.0 Å². The van der Waals surface area contributed by atoms with Crippen molar-refractivity contribution in [3.8, 4) is 0 Å². The van der Waals surface area contributed by atoms with Gasteiger partial charge in [0.25, 0.3) is 5.78 Å². The number of fused-ring (bicyclic) bond motifs is 1. The van der Waals surface area contributed by atoms with Crippen LogP contribution in [0.5, 0.6) is 0 Å². The van der Waals surface area contributed by atoms with Crippen LogP contribution in [-0.4, -0.2) is 31.1 Å². The number of amides is 1. The lowest BCUT2D eigenvalue weighted by molar-refractivity contribution is -0.0593. The number of aryl methyl sites for hydroxylation is 2. The topological polar surface area (TPSA) is 81.4 Å². The molecule has 7 nitrogen and oxygen atoms in total. The van der Waals surface area contributed by atoms with Crippen LogP contribution in [0, 0.1) is 13.8 Å². The molecule has 7 heteroatoms. The van der Waals surface area contributed by atoms with E-state index in [4.69, 9.17) is 4.84 Å². The Morgan fingerprint density at radius 1 is 1.32 bits per heavy atom. The summed E-state index contributed by atoms with van der Waals surface area (Å²) in [6.45, 7) is 9.24. The molecule has 2 aromatic rings. The van der Waals surface area contributed by atoms with E-state index in [0.29, 0.717) is 5.78 Å². The molecule has 0 aliphatic heterocycles. The highest BCUT2D eigenvalue weighted by atomic mass is 16.7. The predicted octanol–water partition coefficient (Wildman–Crippen LogP) is 1.20. The van der Waals surface area contributed by atoms with Gasteiger partial charge in [-0.2, -0.15) is 4.98 Å². The maximum Gasteiger partial charge on any atom is 0.314 e. The third-order valence-electron chi connectivity index (χ3n) is 2.27. The standard InChI is InChI=1S/C12H17N5O2/c1-7-6-8(2)17-11(13-7)14-9(15-17)10(18)16-19-12(3,4)5/h6H,1-5H3,(H,16,18). The Labute approximate surface area is 111 Å². The fourth-order valence-corrected chi connectivity index (χ4v) is 1.51. The molecular formula is C12H17N5O2. The maximum atomic E-state index is 11.9. The summed E-state index contributed by atoms with van der Waals surface area (Å²) < 4.78 is 1.53. The van der Waals surface area contributed by atoms with Crippen LogP contribution in [0.15, 0.2) is 6.07 Å². The first-order valence-electron chi connectivity index (χ1n) is 5.95. The Kier molecular flexibility index (Phi) is 3.23. The lowest BCUT2D eigenvalue weighted by Gasteiger charge is -2.17. The van der Waals surface area contributed by atoms with Crippen LogP contribution >= 0.6 is 0 Å². The lowest BCUT2D eigenvalue weighted by atomic mass is 10.2. The fraction of sp³-hybridized carbons (Fsp3) is 0.500. The first-order valence-corrected chi connectivity index (χ1v) is 5.95. The minimum Gasteiger partial charge on any atom is -0.268 e. The van der Waals surface area contributed by atoms with E-state index in [2.05, 4.69) is 20.5 Å². The molecule has 0 unspecified atom stereocenters. The molecule has 0 bridgehead atoms. The Morgan fingerprint density at radius 2 is 2.00 bits per heavy atom. The molecule has 0 spiro atoms. The molecule has 0 atom stereocenters. The molecule has 0 saturated heterocycles. The van der Waals surface area contributed by atoms with Crippen molar-refractivity contribution in [3.05, 3.63) is 23.3 Å². The molecule has 19 heavy (non-hydrogen) atoms. The predicted molar refractivity (Wildman–Crippen MR) is 68.6 cm³/mol. The van der Waals surface area contributed by atoms with Crippen molar-refractivity contribution >= 4 is 11.7 Å². The normalized spacial score (nSPS) is 11.8. The highest BCUT2D eigenvalue weighted by Crippen LogP contribution is 2.07. The van der Waals surface area contributed by atoms with Crippen molar-refractivity contribution in [1.82, 2.24) is 25.1 Å². The van der Waals surface area contributed by atoms with Gasteiger partial charge in [0.15, 0.2) is 0 Å². The number of hydroxylamine groups is 1. The number of carbonyl (C=O) groups excluding carboxylic acids is 1. The van der Waals surface area contributed by atoms with Gasteiger partial charge in [0.1, 0.15) is 0 Å². The number of rotatable bonds is 2. The van der Waals surface area contributed by atoms with Gasteiger partial charge in [0.2, 0.25) is 5.82 Å². The summed E-state index contributed by atoms with van der Waals surface area (Å²) in [4.78, 5) is 25.3. The van der Waals surface area contributed by atoms with Crippen LogP contribution in [0.1, 0.15) is 42.8 Å². The SMILES string of the molecule is Cc1cc(C)n2nc(C(=O)NOC(C)(C)C)nc2n1. The van der Waals surface area contributed by atoms with Crippen LogP contribution in [-0.2, 0) is 4.84 Å². The summed E-state index contributed by atoms with van der Waals surface area (Å²) in [5.41, 5.74) is 3.55. The van der Waals surface area contributed by atoms with Gasteiger partial charge in [0.05, 0.1) is 5.60 Å². The zero-order valence-corrected chi connectivity index (χ0v) is 11.7. The van der Waals surface area contributed by atoms with E-state index in [9.17, 15) is 4.79 Å². The smallest absolute Gasteiger partial charge is 0.268 e. The number of aromatic nitrogens is 4. The van der Waals surface area contributed by atoms with E-state index in [-0.39, 0.29) is 5.82 Å². The summed E-state index contributed by atoms with van der Waals surface area (Å²) >= 11 is 0. The quantitative estimate of drug-likeness (QED) is 0.823. The van der Waals surface area contributed by atoms with Crippen LogP contribution in [0.2, 0.25) is 0 Å². The molecule has 0 fully saturated rings. The zero-order valence-electron chi connectivity index (χ0n) is 11.7. The Hall–Kier alpha value is -2.02. The van der Waals surface area contributed by atoms with E-state index in [1.54, 1.807) is 0 Å². The third kappa shape index (κ3) is 3.05. The molecule has 0 aromatic carbocycles. The largest absolute Gasteiger partial charge is 0.314 e. The first-order chi connectivity index (χ1) is 8.76. The average molecular weight is 263 g/mol. The number of nitrogens with one attached hydrogen (secondary N) is 1. The molecule has 0 aliphatic rings. The van der Waals surface area contributed by atoms with Crippen molar-refractivity contribution in [1.29, 1.82) is 0 Å². The van der Waals surface area contributed by atoms with Gasteiger partial charge in [-0.15, -0.1) is 5.10 Å². The number of hydrogen-bond acceptors (Lipinski definition) is 5. The van der Waals surface area contributed by atoms with Crippen molar-refractivity contribution in [2.24, 2.45) is 0 Å². The summed E-state index contributed by atoms with van der Waals surface area (Å²) in [6, 6.07) is 1.87. The molecule has 2 rings (SSSR count). The molecule has 102 valence electrons. The van der Waals surface area contributed by atoms with Crippen molar-refractivity contribution in [2.75, 3.05) is 0 Å². The van der Waals surface area contributed by atoms with Crippen LogP contribution in [0.3, 0.4) is 0 Å². The molecule has 1 amide bonds. The molecule has 0 aliphatic carbocycles. The van der Waals surface area contributed by atoms with Gasteiger partial charge in [-0.05, 0) is 40.7 Å². The number of nitrogens with zero attached hydrogens (tertiary/aromatic N) is 4. The van der Waals surface area contributed by atoms with E-state index < -0.39 is 11.5 Å². The van der Waals surface area contributed by atoms with Gasteiger partial charge >= 0.3 is 5.91 Å². The summed E-state index contributed by atoms with van der Waals surface area (Å²) in [5.74, 6) is -0.0543. The first kappa shape index (κ1) is 13.4. The highest BCUT2D eigenvalue weighted by Gasteiger charge is 2.18. The second-order valence-corrected chi connectivity index (χ2v) is 5.33. The van der Waals surface area contributed by atoms with Crippen LogP contribution in [0.4, 0.5) is 0 Å². The average Bonchev–Trinajstić information content (AvgIpc) is 2.68. The minimum atomic E-state index is -0.488. The monoisotopic (exact) mass is 263 g/mol. The second-order valence-electron chi connectivity index (χ2n) is 5.33. The molecular weight excluding hydrogens is 246 g/mol. The molecule has 1 N–H and O–H groups in total. The second kappa shape index (κ2) is 4.58. The molecule has 0 radical (unpaired) electrons. The van der Waals surface area contributed by atoms with E-state index in [1.807, 2.05) is 40.7 Å². The number of carbonyl (C=O) groups is 1. The van der Waals surface area contributed by atoms with Crippen molar-refractivity contribution < 1.29 is 9.63 Å². The third-order valence-corrected chi connectivity index (χ3v) is 2.27. The van der Waals surface area contributed by atoms with Gasteiger partial charge in [-0.3, -0.25) is 9.63 Å². The zero-order chi connectivity index (χ0) is 14.2. The van der Waals surface area contributed by atoms with Crippen LogP contribution in [0.25, 0.3) is 5.78 Å². The Morgan fingerprint density at radius 3 is 2.63 bits per heavy atom.